The third-order valence-electron chi connectivity index (χ3n) is 4.36. The summed E-state index contributed by atoms with van der Waals surface area (Å²) in [5.41, 5.74) is 3.15. The van der Waals surface area contributed by atoms with Crippen LogP contribution in [0.25, 0.3) is 16.7 Å². The van der Waals surface area contributed by atoms with Crippen molar-refractivity contribution in [3.05, 3.63) is 88.7 Å². The zero-order valence-corrected chi connectivity index (χ0v) is 15.1. The maximum Gasteiger partial charge on any atom is 0.193 e. The molecule has 0 amide bonds. The van der Waals surface area contributed by atoms with Gasteiger partial charge >= 0.3 is 0 Å². The van der Waals surface area contributed by atoms with E-state index >= 15 is 0 Å². The Balaban J connectivity index is 1.97. The lowest BCUT2D eigenvalue weighted by Crippen LogP contribution is -2.13. The van der Waals surface area contributed by atoms with E-state index in [-0.39, 0.29) is 5.43 Å². The molecule has 2 aromatic carbocycles. The Kier molecular flexibility index (Phi) is 4.34. The Bertz CT molecular complexity index is 1170. The Morgan fingerprint density at radius 1 is 0.963 bits per heavy atom. The van der Waals surface area contributed by atoms with Crippen LogP contribution in [0.1, 0.15) is 5.69 Å². The standard InChI is InChI=1S/C22H19N3O2/c1-15-11-12-19-20(26)14-21(24-16-7-6-10-18(13-16)27-2)25(22(19)23-15)17-8-4-3-5-9-17/h3-14,24H,1-2H3. The van der Waals surface area contributed by atoms with E-state index in [1.54, 1.807) is 13.2 Å². The van der Waals surface area contributed by atoms with Crippen LogP contribution in [-0.4, -0.2) is 16.7 Å². The van der Waals surface area contributed by atoms with Gasteiger partial charge in [-0.2, -0.15) is 0 Å². The van der Waals surface area contributed by atoms with E-state index in [9.17, 15) is 4.79 Å². The van der Waals surface area contributed by atoms with E-state index in [2.05, 4.69) is 10.3 Å². The van der Waals surface area contributed by atoms with Crippen molar-refractivity contribution in [2.24, 2.45) is 0 Å². The summed E-state index contributed by atoms with van der Waals surface area (Å²) in [5.74, 6) is 1.38. The highest BCUT2D eigenvalue weighted by molar-refractivity contribution is 5.81. The first kappa shape index (κ1) is 16.8. The normalized spacial score (nSPS) is 10.7. The van der Waals surface area contributed by atoms with Gasteiger partial charge < -0.3 is 10.1 Å². The average Bonchev–Trinajstić information content (AvgIpc) is 2.69. The van der Waals surface area contributed by atoms with Crippen molar-refractivity contribution in [3.63, 3.8) is 0 Å². The van der Waals surface area contributed by atoms with Crippen LogP contribution in [0.5, 0.6) is 5.75 Å². The molecular formula is C22H19N3O2. The molecule has 27 heavy (non-hydrogen) atoms. The van der Waals surface area contributed by atoms with Gasteiger partial charge in [0.1, 0.15) is 17.2 Å². The first-order chi connectivity index (χ1) is 13.2. The van der Waals surface area contributed by atoms with Crippen LogP contribution in [0.3, 0.4) is 0 Å². The largest absolute Gasteiger partial charge is 0.497 e. The summed E-state index contributed by atoms with van der Waals surface area (Å²) >= 11 is 0. The molecular weight excluding hydrogens is 338 g/mol. The minimum atomic E-state index is -0.0740. The highest BCUT2D eigenvalue weighted by Gasteiger charge is 2.13. The summed E-state index contributed by atoms with van der Waals surface area (Å²) in [6.07, 6.45) is 0. The van der Waals surface area contributed by atoms with Crippen molar-refractivity contribution in [2.75, 3.05) is 12.4 Å². The third kappa shape index (κ3) is 3.27. The van der Waals surface area contributed by atoms with Gasteiger partial charge in [-0.1, -0.05) is 24.3 Å². The van der Waals surface area contributed by atoms with Gasteiger partial charge in [0, 0.05) is 29.2 Å². The number of methoxy groups -OCH3 is 1. The van der Waals surface area contributed by atoms with Gasteiger partial charge in [0.15, 0.2) is 5.43 Å². The molecule has 2 heterocycles. The van der Waals surface area contributed by atoms with E-state index in [1.807, 2.05) is 78.2 Å². The predicted molar refractivity (Wildman–Crippen MR) is 108 cm³/mol. The van der Waals surface area contributed by atoms with E-state index < -0.39 is 0 Å². The van der Waals surface area contributed by atoms with Crippen molar-refractivity contribution >= 4 is 22.5 Å². The van der Waals surface area contributed by atoms with Crippen molar-refractivity contribution in [3.8, 4) is 11.4 Å². The number of ether oxygens (including phenoxy) is 1. The molecule has 0 aliphatic carbocycles. The first-order valence-electron chi connectivity index (χ1n) is 8.65. The highest BCUT2D eigenvalue weighted by Crippen LogP contribution is 2.26. The van der Waals surface area contributed by atoms with Crippen LogP contribution in [-0.2, 0) is 0 Å². The molecule has 0 saturated carbocycles. The van der Waals surface area contributed by atoms with Gasteiger partial charge in [0.2, 0.25) is 0 Å². The number of fused-ring (bicyclic) bond motifs is 1. The summed E-state index contributed by atoms with van der Waals surface area (Å²) < 4.78 is 7.26. The maximum atomic E-state index is 12.7. The van der Waals surface area contributed by atoms with Crippen molar-refractivity contribution in [2.45, 2.75) is 6.92 Å². The van der Waals surface area contributed by atoms with Crippen LogP contribution in [0.4, 0.5) is 11.5 Å². The molecule has 0 bridgehead atoms. The van der Waals surface area contributed by atoms with E-state index in [0.717, 1.165) is 22.8 Å². The topological polar surface area (TPSA) is 56.1 Å². The Hall–Kier alpha value is -3.60. The molecule has 0 radical (unpaired) electrons. The van der Waals surface area contributed by atoms with Crippen LogP contribution in [0.2, 0.25) is 0 Å². The molecule has 0 fully saturated rings. The van der Waals surface area contributed by atoms with Gasteiger partial charge in [-0.05, 0) is 43.3 Å². The monoisotopic (exact) mass is 357 g/mol. The zero-order valence-electron chi connectivity index (χ0n) is 15.1. The average molecular weight is 357 g/mol. The van der Waals surface area contributed by atoms with Crippen molar-refractivity contribution in [1.82, 2.24) is 9.55 Å². The quantitative estimate of drug-likeness (QED) is 0.586. The Labute approximate surface area is 156 Å². The fourth-order valence-electron chi connectivity index (χ4n) is 3.07. The lowest BCUT2D eigenvalue weighted by molar-refractivity contribution is 0.415. The molecule has 0 spiro atoms. The van der Waals surface area contributed by atoms with Crippen LogP contribution in [0, 0.1) is 6.92 Å². The molecule has 0 saturated heterocycles. The number of benzene rings is 2. The molecule has 0 aliphatic heterocycles. The highest BCUT2D eigenvalue weighted by atomic mass is 16.5. The number of hydrogen-bond acceptors (Lipinski definition) is 4. The molecule has 0 aliphatic rings. The number of aryl methyl sites for hydroxylation is 1. The maximum absolute atomic E-state index is 12.7. The molecule has 4 rings (SSSR count). The minimum Gasteiger partial charge on any atom is -0.497 e. The lowest BCUT2D eigenvalue weighted by atomic mass is 10.2. The number of hydrogen-bond donors (Lipinski definition) is 1. The summed E-state index contributed by atoms with van der Waals surface area (Å²) in [4.78, 5) is 17.3. The molecule has 0 atom stereocenters. The zero-order chi connectivity index (χ0) is 18.8. The summed E-state index contributed by atoms with van der Waals surface area (Å²) in [5, 5.41) is 3.93. The van der Waals surface area contributed by atoms with Gasteiger partial charge in [-0.3, -0.25) is 9.36 Å². The van der Waals surface area contributed by atoms with Gasteiger partial charge in [0.05, 0.1) is 12.5 Å². The molecule has 5 heteroatoms. The number of nitrogens with one attached hydrogen (secondary N) is 1. The van der Waals surface area contributed by atoms with Gasteiger partial charge in [-0.25, -0.2) is 4.98 Å². The van der Waals surface area contributed by atoms with E-state index in [0.29, 0.717) is 16.9 Å². The molecule has 4 aromatic rings. The van der Waals surface area contributed by atoms with E-state index in [1.165, 1.54) is 0 Å². The Morgan fingerprint density at radius 2 is 1.78 bits per heavy atom. The predicted octanol–water partition coefficient (Wildman–Crippen LogP) is 4.45. The molecule has 5 nitrogen and oxygen atoms in total. The number of rotatable bonds is 4. The smallest absolute Gasteiger partial charge is 0.193 e. The minimum absolute atomic E-state index is 0.0740. The number of nitrogens with zero attached hydrogens (tertiary/aromatic N) is 2. The second kappa shape index (κ2) is 6.96. The first-order valence-corrected chi connectivity index (χ1v) is 8.65. The summed E-state index contributed by atoms with van der Waals surface area (Å²) in [6, 6.07) is 22.7. The van der Waals surface area contributed by atoms with Crippen LogP contribution < -0.4 is 15.5 Å². The van der Waals surface area contributed by atoms with Crippen LogP contribution >= 0.6 is 0 Å². The van der Waals surface area contributed by atoms with Gasteiger partial charge in [0.25, 0.3) is 0 Å². The Morgan fingerprint density at radius 3 is 2.56 bits per heavy atom. The second-order valence-corrected chi connectivity index (χ2v) is 6.25. The second-order valence-electron chi connectivity index (χ2n) is 6.25. The summed E-state index contributed by atoms with van der Waals surface area (Å²) in [7, 11) is 1.63. The molecule has 0 unspecified atom stereocenters. The van der Waals surface area contributed by atoms with Crippen LogP contribution in [0.15, 0.2) is 77.6 Å². The number of para-hydroxylation sites is 1. The number of aromatic nitrogens is 2. The molecule has 134 valence electrons. The van der Waals surface area contributed by atoms with Crippen molar-refractivity contribution in [1.29, 1.82) is 0 Å². The fourth-order valence-corrected chi connectivity index (χ4v) is 3.07. The lowest BCUT2D eigenvalue weighted by Gasteiger charge is -2.18. The number of anilines is 2. The SMILES string of the molecule is COc1cccc(Nc2cc(=O)c3ccc(C)nc3n2-c2ccccc2)c1. The molecule has 1 N–H and O–H groups in total. The van der Waals surface area contributed by atoms with Gasteiger partial charge in [-0.15, -0.1) is 0 Å². The number of pyridine rings is 2. The summed E-state index contributed by atoms with van der Waals surface area (Å²) in [6.45, 7) is 1.92. The third-order valence-corrected chi connectivity index (χ3v) is 4.36. The van der Waals surface area contributed by atoms with Crippen molar-refractivity contribution < 1.29 is 4.74 Å². The van der Waals surface area contributed by atoms with E-state index in [4.69, 9.17) is 4.74 Å². The molecule has 2 aromatic heterocycles. The fraction of sp³-hybridized carbons (Fsp3) is 0.0909.